The largest absolute Gasteiger partial charge is 0.496 e. The van der Waals surface area contributed by atoms with Gasteiger partial charge in [0.15, 0.2) is 5.82 Å². The number of aromatic nitrogens is 2. The van der Waals surface area contributed by atoms with Crippen LogP contribution in [0.5, 0.6) is 5.75 Å². The summed E-state index contributed by atoms with van der Waals surface area (Å²) in [6.07, 6.45) is 1.32. The lowest BCUT2D eigenvalue weighted by Gasteiger charge is -2.07. The lowest BCUT2D eigenvalue weighted by molar-refractivity contribution is -0.124. The van der Waals surface area contributed by atoms with Gasteiger partial charge in [0.05, 0.1) is 12.8 Å². The summed E-state index contributed by atoms with van der Waals surface area (Å²) < 4.78 is 10.7. The Morgan fingerprint density at radius 3 is 3.10 bits per heavy atom. The Hall–Kier alpha value is -2.34. The van der Waals surface area contributed by atoms with Crippen molar-refractivity contribution in [2.24, 2.45) is 0 Å². The van der Waals surface area contributed by atoms with Crippen LogP contribution in [0.25, 0.3) is 11.3 Å². The third-order valence-corrected chi connectivity index (χ3v) is 3.45. The van der Waals surface area contributed by atoms with Crippen molar-refractivity contribution < 1.29 is 14.3 Å². The SMILES string of the molecule is COc1ccccc1-c1cc(NC(=O)[C@@H]2CCCO2)n[nH]1. The zero-order valence-electron chi connectivity index (χ0n) is 11.8. The van der Waals surface area contributed by atoms with Crippen LogP contribution in [0.15, 0.2) is 30.3 Å². The van der Waals surface area contributed by atoms with Crippen molar-refractivity contribution in [1.29, 1.82) is 0 Å². The van der Waals surface area contributed by atoms with Crippen molar-refractivity contribution in [3.05, 3.63) is 30.3 Å². The number of carbonyl (C=O) groups is 1. The summed E-state index contributed by atoms with van der Waals surface area (Å²) in [6, 6.07) is 9.41. The van der Waals surface area contributed by atoms with Gasteiger partial charge >= 0.3 is 0 Å². The van der Waals surface area contributed by atoms with E-state index >= 15 is 0 Å². The number of rotatable bonds is 4. The van der Waals surface area contributed by atoms with Crippen molar-refractivity contribution in [2.45, 2.75) is 18.9 Å². The number of aromatic amines is 1. The van der Waals surface area contributed by atoms with E-state index in [1.54, 1.807) is 13.2 Å². The Bertz CT molecular complexity index is 633. The predicted octanol–water partition coefficient (Wildman–Crippen LogP) is 2.20. The smallest absolute Gasteiger partial charge is 0.254 e. The molecule has 1 saturated heterocycles. The second-order valence-corrected chi connectivity index (χ2v) is 4.86. The summed E-state index contributed by atoms with van der Waals surface area (Å²) in [4.78, 5) is 12.0. The Morgan fingerprint density at radius 1 is 1.48 bits per heavy atom. The van der Waals surface area contributed by atoms with Gasteiger partial charge in [-0.1, -0.05) is 12.1 Å². The molecule has 1 aromatic heterocycles. The molecular weight excluding hydrogens is 270 g/mol. The zero-order valence-corrected chi connectivity index (χ0v) is 11.8. The molecule has 0 bridgehead atoms. The molecule has 1 aliphatic rings. The van der Waals surface area contributed by atoms with Crippen molar-refractivity contribution in [1.82, 2.24) is 10.2 Å². The molecule has 2 heterocycles. The minimum absolute atomic E-state index is 0.148. The molecule has 6 nitrogen and oxygen atoms in total. The van der Waals surface area contributed by atoms with Crippen LogP contribution in [-0.4, -0.2) is 35.9 Å². The van der Waals surface area contributed by atoms with Crippen LogP contribution in [-0.2, 0) is 9.53 Å². The minimum atomic E-state index is -0.364. The molecule has 1 aromatic carbocycles. The summed E-state index contributed by atoms with van der Waals surface area (Å²) in [7, 11) is 1.62. The van der Waals surface area contributed by atoms with E-state index in [1.165, 1.54) is 0 Å². The van der Waals surface area contributed by atoms with Crippen LogP contribution in [0, 0.1) is 0 Å². The molecule has 2 N–H and O–H groups in total. The van der Waals surface area contributed by atoms with Crippen molar-refractivity contribution in [3.63, 3.8) is 0 Å². The maximum absolute atomic E-state index is 12.0. The summed E-state index contributed by atoms with van der Waals surface area (Å²) in [5, 5.41) is 9.78. The molecule has 1 amide bonds. The average Bonchev–Trinajstić information content (AvgIpc) is 3.18. The van der Waals surface area contributed by atoms with Gasteiger partial charge in [-0.2, -0.15) is 5.10 Å². The first kappa shape index (κ1) is 13.6. The number of nitrogens with one attached hydrogen (secondary N) is 2. The highest BCUT2D eigenvalue weighted by Gasteiger charge is 2.24. The van der Waals surface area contributed by atoms with E-state index in [-0.39, 0.29) is 12.0 Å². The molecular formula is C15H17N3O3. The first-order valence-corrected chi connectivity index (χ1v) is 6.89. The number of hydrogen-bond acceptors (Lipinski definition) is 4. The van der Waals surface area contributed by atoms with Crippen molar-refractivity contribution >= 4 is 11.7 Å². The van der Waals surface area contributed by atoms with Gasteiger partial charge in [0.25, 0.3) is 5.91 Å². The summed E-state index contributed by atoms with van der Waals surface area (Å²) >= 11 is 0. The van der Waals surface area contributed by atoms with Crippen LogP contribution in [0.3, 0.4) is 0 Å². The first-order valence-electron chi connectivity index (χ1n) is 6.89. The van der Waals surface area contributed by atoms with Gasteiger partial charge < -0.3 is 14.8 Å². The fraction of sp³-hybridized carbons (Fsp3) is 0.333. The predicted molar refractivity (Wildman–Crippen MR) is 78.2 cm³/mol. The second-order valence-electron chi connectivity index (χ2n) is 4.86. The fourth-order valence-corrected chi connectivity index (χ4v) is 2.38. The van der Waals surface area contributed by atoms with Crippen LogP contribution in [0.4, 0.5) is 5.82 Å². The zero-order chi connectivity index (χ0) is 14.7. The summed E-state index contributed by atoms with van der Waals surface area (Å²) in [6.45, 7) is 0.644. The molecule has 0 aliphatic carbocycles. The Labute approximate surface area is 122 Å². The highest BCUT2D eigenvalue weighted by atomic mass is 16.5. The molecule has 1 atom stereocenters. The lowest BCUT2D eigenvalue weighted by atomic mass is 10.1. The quantitative estimate of drug-likeness (QED) is 0.904. The molecule has 0 spiro atoms. The third kappa shape index (κ3) is 2.90. The van der Waals surface area contributed by atoms with Crippen LogP contribution in [0.1, 0.15) is 12.8 Å². The van der Waals surface area contributed by atoms with Crippen LogP contribution < -0.4 is 10.1 Å². The number of carbonyl (C=O) groups excluding carboxylic acids is 1. The normalized spacial score (nSPS) is 17.7. The number of methoxy groups -OCH3 is 1. The van der Waals surface area contributed by atoms with Gasteiger partial charge in [0.1, 0.15) is 11.9 Å². The number of amides is 1. The third-order valence-electron chi connectivity index (χ3n) is 3.45. The van der Waals surface area contributed by atoms with E-state index in [9.17, 15) is 4.79 Å². The number of benzene rings is 1. The van der Waals surface area contributed by atoms with Gasteiger partial charge in [-0.3, -0.25) is 9.89 Å². The van der Waals surface area contributed by atoms with Crippen LogP contribution in [0.2, 0.25) is 0 Å². The molecule has 0 radical (unpaired) electrons. The van der Waals surface area contributed by atoms with E-state index < -0.39 is 0 Å². The molecule has 0 saturated carbocycles. The number of H-pyrrole nitrogens is 1. The molecule has 1 aliphatic heterocycles. The molecule has 21 heavy (non-hydrogen) atoms. The van der Waals surface area contributed by atoms with Crippen molar-refractivity contribution in [2.75, 3.05) is 19.0 Å². The van der Waals surface area contributed by atoms with Gasteiger partial charge in [-0.25, -0.2) is 0 Å². The highest BCUT2D eigenvalue weighted by molar-refractivity contribution is 5.94. The Morgan fingerprint density at radius 2 is 2.33 bits per heavy atom. The number of para-hydroxylation sites is 1. The Balaban J connectivity index is 1.75. The number of anilines is 1. The summed E-state index contributed by atoms with van der Waals surface area (Å²) in [5.74, 6) is 1.08. The molecule has 110 valence electrons. The number of hydrogen-bond donors (Lipinski definition) is 2. The molecule has 6 heteroatoms. The first-order chi connectivity index (χ1) is 10.3. The molecule has 2 aromatic rings. The molecule has 0 unspecified atom stereocenters. The fourth-order valence-electron chi connectivity index (χ4n) is 2.38. The second kappa shape index (κ2) is 5.97. The van der Waals surface area contributed by atoms with Gasteiger partial charge in [0.2, 0.25) is 0 Å². The molecule has 3 rings (SSSR count). The standard InChI is InChI=1S/C15H17N3O3/c1-20-12-6-3-2-5-10(12)11-9-14(18-17-11)16-15(19)13-7-4-8-21-13/h2-3,5-6,9,13H,4,7-8H2,1H3,(H2,16,17,18,19)/t13-/m0/s1. The van der Waals surface area contributed by atoms with E-state index in [1.807, 2.05) is 24.3 Å². The maximum atomic E-state index is 12.0. The van der Waals surface area contributed by atoms with Gasteiger partial charge in [-0.15, -0.1) is 0 Å². The average molecular weight is 287 g/mol. The van der Waals surface area contributed by atoms with Crippen LogP contribution >= 0.6 is 0 Å². The van der Waals surface area contributed by atoms with E-state index in [0.717, 1.165) is 29.8 Å². The molecule has 1 fully saturated rings. The highest BCUT2D eigenvalue weighted by Crippen LogP contribution is 2.29. The lowest BCUT2D eigenvalue weighted by Crippen LogP contribution is -2.26. The topological polar surface area (TPSA) is 76.2 Å². The van der Waals surface area contributed by atoms with E-state index in [2.05, 4.69) is 15.5 Å². The van der Waals surface area contributed by atoms with Gasteiger partial charge in [-0.05, 0) is 25.0 Å². The number of nitrogens with zero attached hydrogens (tertiary/aromatic N) is 1. The minimum Gasteiger partial charge on any atom is -0.496 e. The summed E-state index contributed by atoms with van der Waals surface area (Å²) in [5.41, 5.74) is 1.68. The Kier molecular flexibility index (Phi) is 3.87. The maximum Gasteiger partial charge on any atom is 0.254 e. The van der Waals surface area contributed by atoms with E-state index in [4.69, 9.17) is 9.47 Å². The van der Waals surface area contributed by atoms with Crippen molar-refractivity contribution in [3.8, 4) is 17.0 Å². The van der Waals surface area contributed by atoms with E-state index in [0.29, 0.717) is 12.4 Å². The monoisotopic (exact) mass is 287 g/mol. The number of ether oxygens (including phenoxy) is 2. The van der Waals surface area contributed by atoms with Gasteiger partial charge in [0, 0.05) is 18.2 Å².